The van der Waals surface area contributed by atoms with E-state index in [9.17, 15) is 9.90 Å². The number of aliphatic hydroxyl groups is 1. The fourth-order valence-electron chi connectivity index (χ4n) is 3.56. The second-order valence-electron chi connectivity index (χ2n) is 7.47. The van der Waals surface area contributed by atoms with Crippen molar-refractivity contribution < 1.29 is 9.90 Å². The van der Waals surface area contributed by atoms with Gasteiger partial charge in [0.15, 0.2) is 0 Å². The number of nitrogens with two attached hydrogens (primary N) is 1. The molecule has 4 heteroatoms. The molecule has 0 saturated carbocycles. The van der Waals surface area contributed by atoms with Crippen LogP contribution in [0.15, 0.2) is 0 Å². The first kappa shape index (κ1) is 24.4. The van der Waals surface area contributed by atoms with E-state index in [-0.39, 0.29) is 18.0 Å². The zero-order valence-corrected chi connectivity index (χ0v) is 17.3. The summed E-state index contributed by atoms with van der Waals surface area (Å²) >= 11 is 0. The number of hydrogen-bond donors (Lipinski definition) is 3. The van der Waals surface area contributed by atoms with Gasteiger partial charge in [0.1, 0.15) is 0 Å². The van der Waals surface area contributed by atoms with Gasteiger partial charge in [-0.15, -0.1) is 0 Å². The molecule has 0 saturated heterocycles. The summed E-state index contributed by atoms with van der Waals surface area (Å²) in [6, 6.07) is -0.575. The van der Waals surface area contributed by atoms with Gasteiger partial charge in [0, 0.05) is 12.5 Å². The maximum atomic E-state index is 12.2. The molecule has 0 aliphatic heterocycles. The maximum Gasteiger partial charge on any atom is 0.220 e. The van der Waals surface area contributed by atoms with Crippen molar-refractivity contribution in [2.24, 2.45) is 5.73 Å². The lowest BCUT2D eigenvalue weighted by atomic mass is 9.81. The van der Waals surface area contributed by atoms with Crippen molar-refractivity contribution in [3.63, 3.8) is 0 Å². The third-order valence-electron chi connectivity index (χ3n) is 5.50. The second kappa shape index (κ2) is 14.5. The van der Waals surface area contributed by atoms with Crippen molar-refractivity contribution in [3.05, 3.63) is 0 Å². The van der Waals surface area contributed by atoms with Crippen LogP contribution in [-0.2, 0) is 4.79 Å². The lowest BCUT2D eigenvalue weighted by Crippen LogP contribution is -2.61. The Bertz CT molecular complexity index is 336. The molecular formula is C21H44N2O2. The Labute approximate surface area is 156 Å². The first-order valence-electron chi connectivity index (χ1n) is 10.7. The van der Waals surface area contributed by atoms with Crippen LogP contribution in [0.2, 0.25) is 0 Å². The molecule has 0 rings (SSSR count). The van der Waals surface area contributed by atoms with E-state index in [4.69, 9.17) is 5.73 Å². The van der Waals surface area contributed by atoms with Crippen molar-refractivity contribution in [2.75, 3.05) is 0 Å². The van der Waals surface area contributed by atoms with E-state index in [2.05, 4.69) is 12.2 Å². The van der Waals surface area contributed by atoms with E-state index in [1.807, 2.05) is 20.8 Å². The van der Waals surface area contributed by atoms with Crippen LogP contribution in [-0.4, -0.2) is 28.7 Å². The first-order chi connectivity index (χ1) is 12.0. The van der Waals surface area contributed by atoms with Crippen LogP contribution in [0, 0.1) is 0 Å². The molecule has 0 spiro atoms. The zero-order chi connectivity index (χ0) is 19.1. The molecule has 3 unspecified atom stereocenters. The number of carbonyl (C=O) groups is 1. The number of unbranched alkanes of at least 4 members (excludes halogenated alkanes) is 8. The van der Waals surface area contributed by atoms with Crippen LogP contribution in [0.1, 0.15) is 111 Å². The first-order valence-corrected chi connectivity index (χ1v) is 10.7. The van der Waals surface area contributed by atoms with Gasteiger partial charge >= 0.3 is 0 Å². The molecule has 0 aromatic rings. The normalized spacial score (nSPS) is 16.2. The lowest BCUT2D eigenvalue weighted by molar-refractivity contribution is -0.125. The van der Waals surface area contributed by atoms with Crippen molar-refractivity contribution in [3.8, 4) is 0 Å². The molecule has 0 radical (unpaired) electrons. The quantitative estimate of drug-likeness (QED) is 0.351. The van der Waals surface area contributed by atoms with E-state index in [1.165, 1.54) is 44.9 Å². The summed E-state index contributed by atoms with van der Waals surface area (Å²) in [6.07, 6.45) is 13.7. The largest absolute Gasteiger partial charge is 0.386 e. The predicted octanol–water partition coefficient (Wildman–Crippen LogP) is 4.68. The molecule has 150 valence electrons. The van der Waals surface area contributed by atoms with Crippen molar-refractivity contribution in [1.82, 2.24) is 5.32 Å². The van der Waals surface area contributed by atoms with Crippen LogP contribution in [0.3, 0.4) is 0 Å². The van der Waals surface area contributed by atoms with E-state index in [0.29, 0.717) is 25.7 Å². The Morgan fingerprint density at radius 3 is 1.88 bits per heavy atom. The molecule has 0 fully saturated rings. The van der Waals surface area contributed by atoms with Crippen molar-refractivity contribution >= 4 is 5.91 Å². The Hall–Kier alpha value is -0.610. The van der Waals surface area contributed by atoms with Crippen LogP contribution in [0.25, 0.3) is 0 Å². The van der Waals surface area contributed by atoms with Gasteiger partial charge in [0.2, 0.25) is 5.91 Å². The topological polar surface area (TPSA) is 75.3 Å². The molecule has 0 aromatic heterocycles. The molecule has 0 heterocycles. The molecule has 3 atom stereocenters. The molecule has 0 bridgehead atoms. The van der Waals surface area contributed by atoms with Gasteiger partial charge in [-0.05, 0) is 25.7 Å². The Morgan fingerprint density at radius 1 is 0.920 bits per heavy atom. The summed E-state index contributed by atoms with van der Waals surface area (Å²) in [5.74, 6) is 0.0463. The Balaban J connectivity index is 4.02. The molecule has 1 amide bonds. The van der Waals surface area contributed by atoms with Gasteiger partial charge in [-0.3, -0.25) is 4.79 Å². The van der Waals surface area contributed by atoms with E-state index in [1.54, 1.807) is 0 Å². The number of rotatable bonds is 16. The van der Waals surface area contributed by atoms with Gasteiger partial charge in [0.05, 0.1) is 11.6 Å². The predicted molar refractivity (Wildman–Crippen MR) is 108 cm³/mol. The molecule has 0 aliphatic carbocycles. The maximum absolute atomic E-state index is 12.2. The monoisotopic (exact) mass is 356 g/mol. The summed E-state index contributed by atoms with van der Waals surface area (Å²) in [4.78, 5) is 12.2. The van der Waals surface area contributed by atoms with E-state index >= 15 is 0 Å². The SMILES string of the molecule is CCCCCCCCCCCC(=O)NC(CC)C(O)(CC)C(N)CC. The average Bonchev–Trinajstić information content (AvgIpc) is 2.63. The van der Waals surface area contributed by atoms with E-state index in [0.717, 1.165) is 12.8 Å². The fraction of sp³-hybridized carbons (Fsp3) is 0.952. The zero-order valence-electron chi connectivity index (χ0n) is 17.3. The lowest BCUT2D eigenvalue weighted by Gasteiger charge is -2.40. The highest BCUT2D eigenvalue weighted by molar-refractivity contribution is 5.76. The van der Waals surface area contributed by atoms with Crippen LogP contribution in [0.5, 0.6) is 0 Å². The minimum Gasteiger partial charge on any atom is -0.386 e. The van der Waals surface area contributed by atoms with Crippen molar-refractivity contribution in [2.45, 2.75) is 129 Å². The van der Waals surface area contributed by atoms with Gasteiger partial charge in [-0.2, -0.15) is 0 Å². The van der Waals surface area contributed by atoms with Gasteiger partial charge in [0.25, 0.3) is 0 Å². The highest BCUT2D eigenvalue weighted by Gasteiger charge is 2.39. The summed E-state index contributed by atoms with van der Waals surface area (Å²) in [5.41, 5.74) is 5.10. The fourth-order valence-corrected chi connectivity index (χ4v) is 3.56. The molecule has 0 aromatic carbocycles. The summed E-state index contributed by atoms with van der Waals surface area (Å²) in [7, 11) is 0. The number of amides is 1. The van der Waals surface area contributed by atoms with Gasteiger partial charge in [-0.1, -0.05) is 79.1 Å². The highest BCUT2D eigenvalue weighted by atomic mass is 16.3. The van der Waals surface area contributed by atoms with Crippen molar-refractivity contribution in [1.29, 1.82) is 0 Å². The summed E-state index contributed by atoms with van der Waals surface area (Å²) in [6.45, 7) is 8.14. The molecule has 25 heavy (non-hydrogen) atoms. The number of hydrogen-bond acceptors (Lipinski definition) is 3. The smallest absolute Gasteiger partial charge is 0.220 e. The van der Waals surface area contributed by atoms with E-state index < -0.39 is 5.60 Å². The average molecular weight is 357 g/mol. The molecule has 4 N–H and O–H groups in total. The van der Waals surface area contributed by atoms with Crippen LogP contribution >= 0.6 is 0 Å². The number of nitrogens with one attached hydrogen (secondary N) is 1. The molecular weight excluding hydrogens is 312 g/mol. The Morgan fingerprint density at radius 2 is 1.44 bits per heavy atom. The van der Waals surface area contributed by atoms with Crippen LogP contribution < -0.4 is 11.1 Å². The third kappa shape index (κ3) is 9.60. The second-order valence-corrected chi connectivity index (χ2v) is 7.47. The highest BCUT2D eigenvalue weighted by Crippen LogP contribution is 2.23. The minimum atomic E-state index is -1.02. The summed E-state index contributed by atoms with van der Waals surface area (Å²) < 4.78 is 0. The van der Waals surface area contributed by atoms with Gasteiger partial charge < -0.3 is 16.2 Å². The third-order valence-corrected chi connectivity index (χ3v) is 5.50. The standard InChI is InChI=1S/C21H44N2O2/c1-5-9-10-11-12-13-14-15-16-17-20(24)23-19(7-3)21(25,8-4)18(22)6-2/h18-19,25H,5-17,22H2,1-4H3,(H,23,24). The number of carbonyl (C=O) groups excluding carboxylic acids is 1. The van der Waals surface area contributed by atoms with Crippen LogP contribution in [0.4, 0.5) is 0 Å². The molecule has 0 aliphatic rings. The summed E-state index contributed by atoms with van der Waals surface area (Å²) in [5, 5.41) is 13.9. The Kier molecular flexibility index (Phi) is 14.2. The molecule has 4 nitrogen and oxygen atoms in total. The van der Waals surface area contributed by atoms with Gasteiger partial charge in [-0.25, -0.2) is 0 Å². The minimum absolute atomic E-state index is 0.0463.